The minimum atomic E-state index is -0.0883. The number of hydrogen-bond acceptors (Lipinski definition) is 2. The molecule has 1 nitrogen and oxygen atoms in total. The molecule has 1 aromatic carbocycles. The van der Waals surface area contributed by atoms with Gasteiger partial charge in [-0.05, 0) is 43.2 Å². The Balaban J connectivity index is 1.92. The van der Waals surface area contributed by atoms with Gasteiger partial charge in [0.1, 0.15) is 11.4 Å². The molecular weight excluding hydrogens is 344 g/mol. The molecule has 0 aliphatic carbocycles. The largest absolute Gasteiger partial charge is 0.487 e. The molecule has 1 atom stereocenters. The molecule has 0 amide bonds. The number of hydrogen-bond donors (Lipinski definition) is 0. The fourth-order valence-corrected chi connectivity index (χ4v) is 4.20. The van der Waals surface area contributed by atoms with Crippen molar-refractivity contribution in [2.45, 2.75) is 30.7 Å². The van der Waals surface area contributed by atoms with Crippen molar-refractivity contribution in [2.75, 3.05) is 0 Å². The van der Waals surface area contributed by atoms with E-state index in [0.29, 0.717) is 0 Å². The second-order valence-corrected chi connectivity index (χ2v) is 8.07. The van der Waals surface area contributed by atoms with Crippen LogP contribution in [0.15, 0.2) is 30.3 Å². The topological polar surface area (TPSA) is 9.23 Å². The number of rotatable bonds is 2. The van der Waals surface area contributed by atoms with E-state index in [1.54, 1.807) is 11.3 Å². The first kappa shape index (κ1) is 13.5. The van der Waals surface area contributed by atoms with Crippen molar-refractivity contribution >= 4 is 38.9 Å². The van der Waals surface area contributed by atoms with E-state index in [2.05, 4.69) is 54.0 Å². The molecule has 0 fully saturated rings. The van der Waals surface area contributed by atoms with Gasteiger partial charge in [0.25, 0.3) is 0 Å². The number of thiophene rings is 1. The Hall–Kier alpha value is -0.510. The number of benzene rings is 1. The molecular formula is C15H14BrClOS. The molecule has 4 heteroatoms. The van der Waals surface area contributed by atoms with Crippen LogP contribution in [-0.2, 0) is 6.42 Å². The smallest absolute Gasteiger partial charge is 0.123 e. The Morgan fingerprint density at radius 3 is 2.79 bits per heavy atom. The standard InChI is InChI=1S/C15H14BrClOS/c1-15(2)8-10-7-9(3-4-11(10)18-15)14(16)12-5-6-13(17)19-12/h3-7,14H,8H2,1-2H3. The third-order valence-corrected chi connectivity index (χ3v) is 5.84. The summed E-state index contributed by atoms with van der Waals surface area (Å²) in [5.74, 6) is 1.01. The fourth-order valence-electron chi connectivity index (χ4n) is 2.42. The SMILES string of the molecule is CC1(C)Cc2cc(C(Br)c3ccc(Cl)s3)ccc2O1. The lowest BCUT2D eigenvalue weighted by Crippen LogP contribution is -2.24. The van der Waals surface area contributed by atoms with Crippen LogP contribution in [0.4, 0.5) is 0 Å². The maximum atomic E-state index is 6.00. The van der Waals surface area contributed by atoms with E-state index in [-0.39, 0.29) is 10.4 Å². The van der Waals surface area contributed by atoms with E-state index < -0.39 is 0 Å². The molecule has 0 saturated heterocycles. The van der Waals surface area contributed by atoms with Crippen LogP contribution in [0, 0.1) is 0 Å². The van der Waals surface area contributed by atoms with E-state index in [4.69, 9.17) is 16.3 Å². The highest BCUT2D eigenvalue weighted by atomic mass is 79.9. The molecule has 0 N–H and O–H groups in total. The monoisotopic (exact) mass is 356 g/mol. The third-order valence-electron chi connectivity index (χ3n) is 3.22. The van der Waals surface area contributed by atoms with Crippen molar-refractivity contribution in [2.24, 2.45) is 0 Å². The Labute approximate surface area is 130 Å². The predicted molar refractivity (Wildman–Crippen MR) is 85.0 cm³/mol. The van der Waals surface area contributed by atoms with Crippen molar-refractivity contribution in [3.8, 4) is 5.75 Å². The Kier molecular flexibility index (Phi) is 3.40. The van der Waals surface area contributed by atoms with Crippen LogP contribution in [0.5, 0.6) is 5.75 Å². The average molecular weight is 358 g/mol. The lowest BCUT2D eigenvalue weighted by atomic mass is 9.99. The molecule has 100 valence electrons. The quantitative estimate of drug-likeness (QED) is 0.636. The van der Waals surface area contributed by atoms with Gasteiger partial charge in [-0.2, -0.15) is 0 Å². The zero-order valence-electron chi connectivity index (χ0n) is 10.7. The second kappa shape index (κ2) is 4.80. The van der Waals surface area contributed by atoms with Gasteiger partial charge < -0.3 is 4.74 Å². The van der Waals surface area contributed by atoms with Crippen LogP contribution in [0.25, 0.3) is 0 Å². The van der Waals surface area contributed by atoms with Gasteiger partial charge >= 0.3 is 0 Å². The molecule has 1 unspecified atom stereocenters. The summed E-state index contributed by atoms with van der Waals surface area (Å²) in [6, 6.07) is 10.4. The Bertz CT molecular complexity index is 620. The van der Waals surface area contributed by atoms with E-state index in [1.807, 2.05) is 6.07 Å². The predicted octanol–water partition coefficient (Wildman–Crippen LogP) is 5.60. The number of alkyl halides is 1. The first-order valence-electron chi connectivity index (χ1n) is 6.16. The molecule has 0 radical (unpaired) electrons. The zero-order chi connectivity index (χ0) is 13.6. The van der Waals surface area contributed by atoms with E-state index in [0.717, 1.165) is 16.5 Å². The van der Waals surface area contributed by atoms with Crippen LogP contribution in [-0.4, -0.2) is 5.60 Å². The van der Waals surface area contributed by atoms with Gasteiger partial charge in [-0.25, -0.2) is 0 Å². The third kappa shape index (κ3) is 2.69. The first-order chi connectivity index (χ1) is 8.94. The maximum Gasteiger partial charge on any atom is 0.123 e. The molecule has 0 spiro atoms. The van der Waals surface area contributed by atoms with Gasteiger partial charge in [-0.3, -0.25) is 0 Å². The lowest BCUT2D eigenvalue weighted by Gasteiger charge is -2.16. The van der Waals surface area contributed by atoms with Gasteiger partial charge in [0, 0.05) is 11.3 Å². The Morgan fingerprint density at radius 1 is 1.32 bits per heavy atom. The van der Waals surface area contributed by atoms with E-state index in [1.165, 1.54) is 16.0 Å². The Morgan fingerprint density at radius 2 is 2.11 bits per heavy atom. The normalized spacial score (nSPS) is 17.9. The van der Waals surface area contributed by atoms with Crippen LogP contribution >= 0.6 is 38.9 Å². The summed E-state index contributed by atoms with van der Waals surface area (Å²) in [5, 5.41) is 0. The summed E-state index contributed by atoms with van der Waals surface area (Å²) in [7, 11) is 0. The summed E-state index contributed by atoms with van der Waals surface area (Å²) >= 11 is 11.4. The minimum Gasteiger partial charge on any atom is -0.487 e. The van der Waals surface area contributed by atoms with Gasteiger partial charge in [0.2, 0.25) is 0 Å². The van der Waals surface area contributed by atoms with Gasteiger partial charge in [-0.1, -0.05) is 39.7 Å². The second-order valence-electron chi connectivity index (χ2n) is 5.41. The highest BCUT2D eigenvalue weighted by molar-refractivity contribution is 9.09. The molecule has 0 bridgehead atoms. The molecule has 1 aliphatic heterocycles. The van der Waals surface area contributed by atoms with Crippen molar-refractivity contribution in [1.29, 1.82) is 0 Å². The summed E-state index contributed by atoms with van der Waals surface area (Å²) in [6.07, 6.45) is 0.959. The minimum absolute atomic E-state index is 0.0883. The van der Waals surface area contributed by atoms with Crippen LogP contribution in [0.2, 0.25) is 4.34 Å². The van der Waals surface area contributed by atoms with E-state index in [9.17, 15) is 0 Å². The molecule has 19 heavy (non-hydrogen) atoms. The van der Waals surface area contributed by atoms with E-state index >= 15 is 0 Å². The van der Waals surface area contributed by atoms with Crippen LogP contribution < -0.4 is 4.74 Å². The number of fused-ring (bicyclic) bond motifs is 1. The fraction of sp³-hybridized carbons (Fsp3) is 0.333. The number of halogens is 2. The average Bonchev–Trinajstić information content (AvgIpc) is 2.88. The van der Waals surface area contributed by atoms with Crippen molar-refractivity contribution in [3.63, 3.8) is 0 Å². The summed E-state index contributed by atoms with van der Waals surface area (Å²) in [4.78, 5) is 1.42. The summed E-state index contributed by atoms with van der Waals surface area (Å²) in [5.41, 5.74) is 2.45. The highest BCUT2D eigenvalue weighted by Gasteiger charge is 2.30. The van der Waals surface area contributed by atoms with Gasteiger partial charge in [0.15, 0.2) is 0 Å². The van der Waals surface area contributed by atoms with Gasteiger partial charge in [0.05, 0.1) is 9.16 Å². The molecule has 0 saturated carbocycles. The van der Waals surface area contributed by atoms with Crippen LogP contribution in [0.3, 0.4) is 0 Å². The molecule has 1 aromatic heterocycles. The highest BCUT2D eigenvalue weighted by Crippen LogP contribution is 2.41. The first-order valence-corrected chi connectivity index (χ1v) is 8.27. The van der Waals surface area contributed by atoms with Crippen LogP contribution in [0.1, 0.15) is 34.7 Å². The zero-order valence-corrected chi connectivity index (χ0v) is 13.9. The lowest BCUT2D eigenvalue weighted by molar-refractivity contribution is 0.138. The van der Waals surface area contributed by atoms with Gasteiger partial charge in [-0.15, -0.1) is 11.3 Å². The summed E-state index contributed by atoms with van der Waals surface area (Å²) in [6.45, 7) is 4.24. The maximum absolute atomic E-state index is 6.00. The van der Waals surface area contributed by atoms with Crippen molar-refractivity contribution in [3.05, 3.63) is 50.7 Å². The summed E-state index contributed by atoms with van der Waals surface area (Å²) < 4.78 is 6.73. The van der Waals surface area contributed by atoms with Crippen molar-refractivity contribution in [1.82, 2.24) is 0 Å². The molecule has 3 rings (SSSR count). The molecule has 2 aromatic rings. The van der Waals surface area contributed by atoms with Crippen molar-refractivity contribution < 1.29 is 4.74 Å². The molecule has 2 heterocycles. The number of ether oxygens (including phenoxy) is 1. The molecule has 1 aliphatic rings.